The van der Waals surface area contributed by atoms with Crippen LogP contribution >= 0.6 is 11.3 Å². The molecule has 0 unspecified atom stereocenters. The number of thiazole rings is 1. The highest BCUT2D eigenvalue weighted by Gasteiger charge is 2.27. The average molecular weight is 335 g/mol. The summed E-state index contributed by atoms with van der Waals surface area (Å²) in [5.74, 6) is 1.09. The zero-order valence-electron chi connectivity index (χ0n) is 13.0. The predicted octanol–water partition coefficient (Wildman–Crippen LogP) is 3.79. The molecule has 1 aliphatic heterocycles. The van der Waals surface area contributed by atoms with Crippen LogP contribution in [0.1, 0.15) is 28.3 Å². The fraction of sp³-hybridized carbons (Fsp3) is 0.471. The molecular formula is C17H21NO2S2. The third-order valence-electron chi connectivity index (χ3n) is 4.30. The summed E-state index contributed by atoms with van der Waals surface area (Å²) >= 11 is 1.73. The Balaban J connectivity index is 1.64. The lowest BCUT2D eigenvalue weighted by Gasteiger charge is -2.08. The van der Waals surface area contributed by atoms with Crippen molar-refractivity contribution in [3.63, 3.8) is 0 Å². The molecule has 0 N–H and O–H groups in total. The first-order chi connectivity index (χ1) is 10.4. The molecule has 2 heterocycles. The Morgan fingerprint density at radius 3 is 2.50 bits per heavy atom. The molecule has 0 saturated carbocycles. The molecule has 118 valence electrons. The predicted molar refractivity (Wildman–Crippen MR) is 92.1 cm³/mol. The molecule has 2 aromatic rings. The summed E-state index contributed by atoms with van der Waals surface area (Å²) in [7, 11) is -2.75. The van der Waals surface area contributed by atoms with Crippen LogP contribution in [0.2, 0.25) is 0 Å². The number of hydrogen-bond donors (Lipinski definition) is 0. The molecule has 1 aromatic carbocycles. The maximum Gasteiger partial charge on any atom is 0.150 e. The van der Waals surface area contributed by atoms with Gasteiger partial charge >= 0.3 is 0 Å². The van der Waals surface area contributed by atoms with Crippen molar-refractivity contribution in [3.05, 3.63) is 39.7 Å². The van der Waals surface area contributed by atoms with Crippen LogP contribution in [0.4, 0.5) is 0 Å². The molecule has 0 aliphatic carbocycles. The molecule has 5 heteroatoms. The Labute approximate surface area is 136 Å². The molecule has 0 spiro atoms. The lowest BCUT2D eigenvalue weighted by atomic mass is 9.98. The lowest BCUT2D eigenvalue weighted by Crippen LogP contribution is -2.05. The zero-order chi connectivity index (χ0) is 15.7. The minimum absolute atomic E-state index is 0.341. The molecule has 1 aliphatic rings. The third-order valence-corrected chi connectivity index (χ3v) is 7.02. The molecule has 1 saturated heterocycles. The van der Waals surface area contributed by atoms with E-state index in [2.05, 4.69) is 36.2 Å². The lowest BCUT2D eigenvalue weighted by molar-refractivity contribution is 0.542. The summed E-state index contributed by atoms with van der Waals surface area (Å²) in [5.41, 5.74) is 3.52. The van der Waals surface area contributed by atoms with Crippen molar-refractivity contribution < 1.29 is 8.42 Å². The minimum Gasteiger partial charge on any atom is -0.241 e. The van der Waals surface area contributed by atoms with Crippen LogP contribution in [0.25, 0.3) is 11.3 Å². The van der Waals surface area contributed by atoms with E-state index in [9.17, 15) is 8.42 Å². The Hall–Kier alpha value is -1.20. The van der Waals surface area contributed by atoms with Gasteiger partial charge in [0.2, 0.25) is 0 Å². The Bertz CT molecular complexity index is 760. The molecule has 22 heavy (non-hydrogen) atoms. The Morgan fingerprint density at radius 2 is 1.95 bits per heavy atom. The van der Waals surface area contributed by atoms with E-state index >= 15 is 0 Å². The summed E-state index contributed by atoms with van der Waals surface area (Å²) in [4.78, 5) is 5.84. The number of nitrogens with zero attached hydrogens (tertiary/aromatic N) is 1. The quantitative estimate of drug-likeness (QED) is 0.854. The number of aryl methyl sites for hydroxylation is 3. The van der Waals surface area contributed by atoms with Gasteiger partial charge in [-0.05, 0) is 44.6 Å². The van der Waals surface area contributed by atoms with E-state index in [0.717, 1.165) is 35.5 Å². The summed E-state index contributed by atoms with van der Waals surface area (Å²) in [5, 5.41) is 1.10. The van der Waals surface area contributed by atoms with E-state index in [-0.39, 0.29) is 0 Å². The fourth-order valence-electron chi connectivity index (χ4n) is 3.10. The van der Waals surface area contributed by atoms with Gasteiger partial charge < -0.3 is 0 Å². The summed E-state index contributed by atoms with van der Waals surface area (Å²) < 4.78 is 23.0. The SMILES string of the molecule is Cc1nc(-c2ccc(CC[C@@H]3CCS(=O)(=O)C3)cc2)c(C)s1. The first-order valence-electron chi connectivity index (χ1n) is 7.67. The van der Waals surface area contributed by atoms with Crippen molar-refractivity contribution in [1.82, 2.24) is 4.98 Å². The van der Waals surface area contributed by atoms with Crippen LogP contribution < -0.4 is 0 Å². The van der Waals surface area contributed by atoms with Gasteiger partial charge in [0.05, 0.1) is 22.2 Å². The van der Waals surface area contributed by atoms with Crippen LogP contribution in [-0.2, 0) is 16.3 Å². The van der Waals surface area contributed by atoms with E-state index in [1.54, 1.807) is 11.3 Å². The zero-order valence-corrected chi connectivity index (χ0v) is 14.6. The first kappa shape index (κ1) is 15.7. The highest BCUT2D eigenvalue weighted by atomic mass is 32.2. The molecule has 3 rings (SSSR count). The summed E-state index contributed by atoms with van der Waals surface area (Å²) in [6, 6.07) is 8.55. The van der Waals surface area contributed by atoms with Gasteiger partial charge in [-0.2, -0.15) is 0 Å². The molecule has 0 amide bonds. The van der Waals surface area contributed by atoms with Crippen molar-refractivity contribution >= 4 is 21.2 Å². The third kappa shape index (κ3) is 3.58. The topological polar surface area (TPSA) is 47.0 Å². The molecule has 1 atom stereocenters. The number of sulfone groups is 1. The number of rotatable bonds is 4. The second-order valence-electron chi connectivity index (χ2n) is 6.14. The average Bonchev–Trinajstić information content (AvgIpc) is 2.99. The standard InChI is InChI=1S/C17H21NO2S2/c1-12-17(18-13(2)21-12)16-7-5-14(6-8-16)3-4-15-9-10-22(19,20)11-15/h5-8,15H,3-4,9-11H2,1-2H3/t15-/m1/s1. The van der Waals surface area contributed by atoms with E-state index in [0.29, 0.717) is 17.4 Å². The smallest absolute Gasteiger partial charge is 0.150 e. The van der Waals surface area contributed by atoms with Gasteiger partial charge in [0.15, 0.2) is 9.84 Å². The van der Waals surface area contributed by atoms with Crippen molar-refractivity contribution in [3.8, 4) is 11.3 Å². The molecule has 1 aromatic heterocycles. The summed E-state index contributed by atoms with van der Waals surface area (Å²) in [6.07, 6.45) is 2.75. The second-order valence-corrected chi connectivity index (χ2v) is 9.78. The normalized spacial score (nSPS) is 20.4. The molecule has 3 nitrogen and oxygen atoms in total. The Kier molecular flexibility index (Phi) is 4.37. The minimum atomic E-state index is -2.75. The van der Waals surface area contributed by atoms with Crippen molar-refractivity contribution in [1.29, 1.82) is 0 Å². The largest absolute Gasteiger partial charge is 0.241 e. The van der Waals surface area contributed by atoms with Gasteiger partial charge in [0.1, 0.15) is 0 Å². The van der Waals surface area contributed by atoms with Crippen LogP contribution in [0.15, 0.2) is 24.3 Å². The van der Waals surface area contributed by atoms with E-state index < -0.39 is 9.84 Å². The van der Waals surface area contributed by atoms with Crippen LogP contribution in [0, 0.1) is 19.8 Å². The fourth-order valence-corrected chi connectivity index (χ4v) is 5.85. The van der Waals surface area contributed by atoms with Crippen molar-refractivity contribution in [2.45, 2.75) is 33.1 Å². The maximum atomic E-state index is 11.5. The van der Waals surface area contributed by atoms with Gasteiger partial charge in [-0.15, -0.1) is 11.3 Å². The highest BCUT2D eigenvalue weighted by molar-refractivity contribution is 7.91. The second kappa shape index (κ2) is 6.13. The van der Waals surface area contributed by atoms with Crippen LogP contribution in [0.5, 0.6) is 0 Å². The van der Waals surface area contributed by atoms with E-state index in [1.807, 2.05) is 6.92 Å². The van der Waals surface area contributed by atoms with Crippen molar-refractivity contribution in [2.24, 2.45) is 5.92 Å². The molecular weight excluding hydrogens is 314 g/mol. The summed E-state index contributed by atoms with van der Waals surface area (Å²) in [6.45, 7) is 4.14. The highest BCUT2D eigenvalue weighted by Crippen LogP contribution is 2.28. The molecule has 0 bridgehead atoms. The number of hydrogen-bond acceptors (Lipinski definition) is 4. The van der Waals surface area contributed by atoms with E-state index in [4.69, 9.17) is 0 Å². The Morgan fingerprint density at radius 1 is 1.23 bits per heavy atom. The van der Waals surface area contributed by atoms with Crippen molar-refractivity contribution in [2.75, 3.05) is 11.5 Å². The van der Waals surface area contributed by atoms with Crippen LogP contribution in [-0.4, -0.2) is 24.9 Å². The first-order valence-corrected chi connectivity index (χ1v) is 10.3. The van der Waals surface area contributed by atoms with Gasteiger partial charge in [-0.3, -0.25) is 0 Å². The van der Waals surface area contributed by atoms with E-state index in [1.165, 1.54) is 10.4 Å². The number of aromatic nitrogens is 1. The number of benzene rings is 1. The van der Waals surface area contributed by atoms with Crippen LogP contribution in [0.3, 0.4) is 0 Å². The molecule has 0 radical (unpaired) electrons. The monoisotopic (exact) mass is 335 g/mol. The van der Waals surface area contributed by atoms with Gasteiger partial charge in [-0.1, -0.05) is 24.3 Å². The maximum absolute atomic E-state index is 11.5. The van der Waals surface area contributed by atoms with Gasteiger partial charge in [0.25, 0.3) is 0 Å². The molecule has 1 fully saturated rings. The van der Waals surface area contributed by atoms with Gasteiger partial charge in [0, 0.05) is 10.4 Å². The van der Waals surface area contributed by atoms with Gasteiger partial charge in [-0.25, -0.2) is 13.4 Å².